The molecule has 1 heterocycles. The molecule has 128 valence electrons. The first-order valence-corrected chi connectivity index (χ1v) is 9.70. The van der Waals surface area contributed by atoms with Gasteiger partial charge in [0, 0.05) is 12.7 Å². The standard InChI is InChI=1S/C14H17Cl2NO5S/c1-3-21-13(18)11-8-12(22-17(11)14(15)16)9-4-6-10(7-5-9)23(2,19)20/h4-7,11-12,14H,3,8H2,1-2H3. The number of halogens is 2. The summed E-state index contributed by atoms with van der Waals surface area (Å²) in [5, 5.41) is 1.19. The summed E-state index contributed by atoms with van der Waals surface area (Å²) in [7, 11) is -3.27. The summed E-state index contributed by atoms with van der Waals surface area (Å²) < 4.78 is 28.0. The van der Waals surface area contributed by atoms with Crippen LogP contribution in [-0.2, 0) is 24.2 Å². The van der Waals surface area contributed by atoms with Gasteiger partial charge >= 0.3 is 5.97 Å². The third-order valence-electron chi connectivity index (χ3n) is 3.42. The van der Waals surface area contributed by atoms with Crippen molar-refractivity contribution in [3.05, 3.63) is 29.8 Å². The highest BCUT2D eigenvalue weighted by Crippen LogP contribution is 2.37. The van der Waals surface area contributed by atoms with E-state index in [2.05, 4.69) is 0 Å². The Morgan fingerprint density at radius 1 is 1.39 bits per heavy atom. The number of rotatable bonds is 5. The summed E-state index contributed by atoms with van der Waals surface area (Å²) in [5.74, 6) is -0.464. The van der Waals surface area contributed by atoms with Gasteiger partial charge in [0.05, 0.1) is 11.5 Å². The van der Waals surface area contributed by atoms with Gasteiger partial charge in [0.1, 0.15) is 12.1 Å². The molecule has 1 aromatic carbocycles. The number of benzene rings is 1. The number of ether oxygens (including phenoxy) is 1. The van der Waals surface area contributed by atoms with Crippen molar-refractivity contribution >= 4 is 39.0 Å². The van der Waals surface area contributed by atoms with E-state index in [4.69, 9.17) is 32.8 Å². The Bertz CT molecular complexity index is 662. The zero-order valence-electron chi connectivity index (χ0n) is 12.6. The average Bonchev–Trinajstić information content (AvgIpc) is 2.92. The van der Waals surface area contributed by atoms with Crippen LogP contribution in [0.4, 0.5) is 0 Å². The number of carbonyl (C=O) groups is 1. The Balaban J connectivity index is 2.19. The zero-order chi connectivity index (χ0) is 17.2. The van der Waals surface area contributed by atoms with E-state index in [1.807, 2.05) is 0 Å². The van der Waals surface area contributed by atoms with Gasteiger partial charge in [0.25, 0.3) is 0 Å². The lowest BCUT2D eigenvalue weighted by Crippen LogP contribution is -2.38. The molecule has 1 saturated heterocycles. The van der Waals surface area contributed by atoms with Gasteiger partial charge < -0.3 is 4.74 Å². The topological polar surface area (TPSA) is 72.9 Å². The van der Waals surface area contributed by atoms with Crippen LogP contribution in [0.1, 0.15) is 25.0 Å². The van der Waals surface area contributed by atoms with E-state index >= 15 is 0 Å². The van der Waals surface area contributed by atoms with E-state index in [0.29, 0.717) is 6.42 Å². The number of nitrogens with zero attached hydrogens (tertiary/aromatic N) is 1. The molecule has 2 unspecified atom stereocenters. The van der Waals surface area contributed by atoms with E-state index < -0.39 is 32.9 Å². The number of alkyl halides is 2. The number of carbonyl (C=O) groups excluding carboxylic acids is 1. The fourth-order valence-electron chi connectivity index (χ4n) is 2.32. The Morgan fingerprint density at radius 3 is 2.48 bits per heavy atom. The number of hydroxylamine groups is 2. The first-order valence-electron chi connectivity index (χ1n) is 6.94. The SMILES string of the molecule is CCOC(=O)C1CC(c2ccc(S(C)(=O)=O)cc2)ON1C(Cl)Cl. The third kappa shape index (κ3) is 4.36. The highest BCUT2D eigenvalue weighted by molar-refractivity contribution is 7.90. The van der Waals surface area contributed by atoms with Gasteiger partial charge in [-0.25, -0.2) is 8.42 Å². The van der Waals surface area contributed by atoms with Crippen LogP contribution in [0, 0.1) is 0 Å². The third-order valence-corrected chi connectivity index (χ3v) is 4.94. The summed E-state index contributed by atoms with van der Waals surface area (Å²) in [6.45, 7) is 1.95. The summed E-state index contributed by atoms with van der Waals surface area (Å²) in [6.07, 6.45) is 0.989. The molecular formula is C14H17Cl2NO5S. The maximum absolute atomic E-state index is 12.0. The van der Waals surface area contributed by atoms with Crippen LogP contribution in [-0.4, -0.2) is 43.3 Å². The molecule has 2 rings (SSSR count). The van der Waals surface area contributed by atoms with Crippen molar-refractivity contribution in [3.63, 3.8) is 0 Å². The molecule has 0 radical (unpaired) electrons. The van der Waals surface area contributed by atoms with E-state index in [1.165, 1.54) is 17.2 Å². The molecule has 1 aromatic rings. The summed E-state index contributed by atoms with van der Waals surface area (Å²) in [4.78, 5) is 16.8. The molecule has 1 aliphatic rings. The number of hydrogen-bond acceptors (Lipinski definition) is 6. The van der Waals surface area contributed by atoms with E-state index in [1.54, 1.807) is 19.1 Å². The largest absolute Gasteiger partial charge is 0.465 e. The van der Waals surface area contributed by atoms with Crippen molar-refractivity contribution < 1.29 is 22.8 Å². The second kappa shape index (κ2) is 7.36. The smallest absolute Gasteiger partial charge is 0.325 e. The maximum atomic E-state index is 12.0. The lowest BCUT2D eigenvalue weighted by atomic mass is 10.0. The van der Waals surface area contributed by atoms with Crippen LogP contribution in [0.25, 0.3) is 0 Å². The van der Waals surface area contributed by atoms with Crippen molar-refractivity contribution in [1.82, 2.24) is 5.06 Å². The van der Waals surface area contributed by atoms with Crippen molar-refractivity contribution in [2.75, 3.05) is 12.9 Å². The van der Waals surface area contributed by atoms with Crippen molar-refractivity contribution in [2.24, 2.45) is 0 Å². The average molecular weight is 382 g/mol. The molecule has 0 aliphatic carbocycles. The van der Waals surface area contributed by atoms with E-state index in [0.717, 1.165) is 11.8 Å². The minimum absolute atomic E-state index is 0.214. The lowest BCUT2D eigenvalue weighted by Gasteiger charge is -2.21. The van der Waals surface area contributed by atoms with Crippen LogP contribution in [0.15, 0.2) is 29.2 Å². The van der Waals surface area contributed by atoms with Crippen LogP contribution in [0.5, 0.6) is 0 Å². The lowest BCUT2D eigenvalue weighted by molar-refractivity contribution is -0.180. The van der Waals surface area contributed by atoms with Gasteiger partial charge in [-0.3, -0.25) is 9.63 Å². The minimum atomic E-state index is -3.27. The maximum Gasteiger partial charge on any atom is 0.325 e. The van der Waals surface area contributed by atoms with Gasteiger partial charge in [-0.2, -0.15) is 0 Å². The van der Waals surface area contributed by atoms with Crippen LogP contribution in [0.3, 0.4) is 0 Å². The monoisotopic (exact) mass is 381 g/mol. The molecule has 6 nitrogen and oxygen atoms in total. The molecule has 1 fully saturated rings. The Morgan fingerprint density at radius 2 is 2.00 bits per heavy atom. The highest BCUT2D eigenvalue weighted by atomic mass is 35.5. The summed E-state index contributed by atoms with van der Waals surface area (Å²) >= 11 is 11.7. The summed E-state index contributed by atoms with van der Waals surface area (Å²) in [5.41, 5.74) is 0.725. The molecule has 0 spiro atoms. The molecule has 0 N–H and O–H groups in total. The van der Waals surface area contributed by atoms with E-state index in [9.17, 15) is 13.2 Å². The first kappa shape index (κ1) is 18.5. The van der Waals surface area contributed by atoms with E-state index in [-0.39, 0.29) is 11.5 Å². The molecule has 0 bridgehead atoms. The quantitative estimate of drug-likeness (QED) is 0.443. The fraction of sp³-hybridized carbons (Fsp3) is 0.500. The van der Waals surface area contributed by atoms with Gasteiger partial charge in [0.15, 0.2) is 14.8 Å². The molecule has 23 heavy (non-hydrogen) atoms. The van der Waals surface area contributed by atoms with Crippen molar-refractivity contribution in [1.29, 1.82) is 0 Å². The fourth-order valence-corrected chi connectivity index (χ4v) is 3.31. The molecule has 9 heteroatoms. The number of esters is 1. The second-order valence-corrected chi connectivity index (χ2v) is 8.14. The number of hydrogen-bond donors (Lipinski definition) is 0. The predicted molar refractivity (Wildman–Crippen MR) is 85.7 cm³/mol. The van der Waals surface area contributed by atoms with Gasteiger partial charge in [-0.05, 0) is 24.6 Å². The van der Waals surface area contributed by atoms with Crippen molar-refractivity contribution in [2.45, 2.75) is 35.3 Å². The normalized spacial score (nSPS) is 22.5. The number of sulfone groups is 1. The Hall–Kier alpha value is -0.860. The first-order chi connectivity index (χ1) is 10.7. The van der Waals surface area contributed by atoms with Gasteiger partial charge in [-0.1, -0.05) is 35.3 Å². The molecule has 0 saturated carbocycles. The minimum Gasteiger partial charge on any atom is -0.465 e. The van der Waals surface area contributed by atoms with Gasteiger partial charge in [0.2, 0.25) is 0 Å². The molecular weight excluding hydrogens is 365 g/mol. The Kier molecular flexibility index (Phi) is 5.91. The Labute approximate surface area is 145 Å². The molecule has 2 atom stereocenters. The van der Waals surface area contributed by atoms with Crippen LogP contribution in [0.2, 0.25) is 0 Å². The highest BCUT2D eigenvalue weighted by Gasteiger charge is 2.42. The molecule has 0 amide bonds. The van der Waals surface area contributed by atoms with Crippen LogP contribution < -0.4 is 0 Å². The zero-order valence-corrected chi connectivity index (χ0v) is 14.9. The van der Waals surface area contributed by atoms with Crippen molar-refractivity contribution in [3.8, 4) is 0 Å². The molecule has 0 aromatic heterocycles. The van der Waals surface area contributed by atoms with Gasteiger partial charge in [-0.15, -0.1) is 5.06 Å². The summed E-state index contributed by atoms with van der Waals surface area (Å²) in [6, 6.07) is 5.56. The predicted octanol–water partition coefficient (Wildman–Crippen LogP) is 2.46. The second-order valence-electron chi connectivity index (χ2n) is 5.08. The molecule has 1 aliphatic heterocycles. The van der Waals surface area contributed by atoms with Crippen LogP contribution >= 0.6 is 23.2 Å².